The van der Waals surface area contributed by atoms with Gasteiger partial charge in [-0.25, -0.2) is 14.5 Å². The Morgan fingerprint density at radius 1 is 1.08 bits per heavy atom. The maximum atomic E-state index is 13.2. The number of carbonyl (C=O) groups excluding carboxylic acids is 1. The molecule has 1 aliphatic heterocycles. The lowest BCUT2D eigenvalue weighted by molar-refractivity contribution is -0.138. The highest BCUT2D eigenvalue weighted by Crippen LogP contribution is 2.42. The molecule has 4 aromatic rings. The second-order valence-electron chi connectivity index (χ2n) is 11.2. The Bertz CT molecular complexity index is 1500. The molecule has 2 fully saturated rings. The van der Waals surface area contributed by atoms with E-state index in [0.717, 1.165) is 78.3 Å². The van der Waals surface area contributed by atoms with Gasteiger partial charge in [0.2, 0.25) is 5.91 Å². The molecule has 1 aliphatic carbocycles. The first kappa shape index (κ1) is 23.9. The van der Waals surface area contributed by atoms with Gasteiger partial charge in [-0.3, -0.25) is 9.69 Å². The zero-order valence-electron chi connectivity index (χ0n) is 22.7. The summed E-state index contributed by atoms with van der Waals surface area (Å²) >= 11 is 0. The van der Waals surface area contributed by atoms with Crippen LogP contribution in [0.3, 0.4) is 0 Å². The SMILES string of the molecule is Cc1c(-c2[nH]c3ccc(N4CCN(C(=O)C5(N(C)C)CC5)CC4)nc3c2C(C)C)cn2ncnc2c1C. The van der Waals surface area contributed by atoms with Crippen LogP contribution in [0.25, 0.3) is 27.9 Å². The maximum absolute atomic E-state index is 13.2. The van der Waals surface area contributed by atoms with E-state index >= 15 is 0 Å². The summed E-state index contributed by atoms with van der Waals surface area (Å²) in [5.74, 6) is 1.54. The van der Waals surface area contributed by atoms with E-state index in [1.165, 1.54) is 11.1 Å². The van der Waals surface area contributed by atoms with Gasteiger partial charge in [0.1, 0.15) is 17.7 Å². The summed E-state index contributed by atoms with van der Waals surface area (Å²) in [5.41, 5.74) is 8.44. The van der Waals surface area contributed by atoms with E-state index in [9.17, 15) is 4.79 Å². The van der Waals surface area contributed by atoms with Crippen LogP contribution in [-0.2, 0) is 4.79 Å². The lowest BCUT2D eigenvalue weighted by Crippen LogP contribution is -2.55. The predicted octanol–water partition coefficient (Wildman–Crippen LogP) is 3.76. The smallest absolute Gasteiger partial charge is 0.243 e. The Morgan fingerprint density at radius 2 is 1.81 bits per heavy atom. The van der Waals surface area contributed by atoms with Gasteiger partial charge in [-0.2, -0.15) is 5.10 Å². The highest BCUT2D eigenvalue weighted by atomic mass is 16.2. The number of anilines is 1. The van der Waals surface area contributed by atoms with E-state index < -0.39 is 0 Å². The monoisotopic (exact) mass is 500 g/mol. The van der Waals surface area contributed by atoms with Gasteiger partial charge in [-0.15, -0.1) is 0 Å². The average molecular weight is 501 g/mol. The molecule has 2 aliphatic rings. The number of aromatic amines is 1. The van der Waals surface area contributed by atoms with Crippen molar-refractivity contribution in [1.29, 1.82) is 0 Å². The Morgan fingerprint density at radius 3 is 2.46 bits per heavy atom. The van der Waals surface area contributed by atoms with E-state index in [1.807, 2.05) is 23.5 Å². The number of fused-ring (bicyclic) bond motifs is 2. The molecule has 9 heteroatoms. The molecule has 0 bridgehead atoms. The third-order valence-corrected chi connectivity index (χ3v) is 8.51. The number of H-pyrrole nitrogens is 1. The van der Waals surface area contributed by atoms with Gasteiger partial charge in [-0.05, 0) is 70.0 Å². The molecule has 6 rings (SSSR count). The Balaban J connectivity index is 1.32. The van der Waals surface area contributed by atoms with Crippen LogP contribution in [0.5, 0.6) is 0 Å². The summed E-state index contributed by atoms with van der Waals surface area (Å²) in [6.45, 7) is 11.8. The topological polar surface area (TPSA) is 85.7 Å². The summed E-state index contributed by atoms with van der Waals surface area (Å²) in [6.07, 6.45) is 5.60. The highest BCUT2D eigenvalue weighted by molar-refractivity contribution is 5.91. The molecule has 4 aromatic heterocycles. The van der Waals surface area contributed by atoms with Crippen molar-refractivity contribution in [2.24, 2.45) is 0 Å². The number of aromatic nitrogens is 5. The van der Waals surface area contributed by atoms with Crippen molar-refractivity contribution in [2.45, 2.75) is 52.0 Å². The van der Waals surface area contributed by atoms with Crippen molar-refractivity contribution >= 4 is 28.4 Å². The molecule has 194 valence electrons. The van der Waals surface area contributed by atoms with Crippen LogP contribution in [-0.4, -0.2) is 86.1 Å². The molecule has 0 unspecified atom stereocenters. The van der Waals surface area contributed by atoms with Gasteiger partial charge >= 0.3 is 0 Å². The molecule has 37 heavy (non-hydrogen) atoms. The van der Waals surface area contributed by atoms with Gasteiger partial charge in [0.05, 0.1) is 16.7 Å². The standard InChI is InChI=1S/C28H36N8O/c1-17(2)23-24(20-15-36-26(29-16-30-36)19(4)18(20)3)31-21-7-8-22(32-25(21)23)34-11-13-35(14-12-34)27(37)28(9-10-28)33(5)6/h7-8,15-17,31H,9-14H2,1-6H3. The average Bonchev–Trinajstić information content (AvgIpc) is 3.42. The molecule has 1 saturated heterocycles. The number of amides is 1. The van der Waals surface area contributed by atoms with Gasteiger partial charge in [0.15, 0.2) is 5.65 Å². The number of likely N-dealkylation sites (N-methyl/N-ethyl adjacent to an activating group) is 1. The van der Waals surface area contributed by atoms with Crippen LogP contribution in [0.15, 0.2) is 24.7 Å². The summed E-state index contributed by atoms with van der Waals surface area (Å²) in [7, 11) is 4.04. The van der Waals surface area contributed by atoms with E-state index in [-0.39, 0.29) is 17.4 Å². The first-order chi connectivity index (χ1) is 17.7. The molecule has 1 N–H and O–H groups in total. The van der Waals surface area contributed by atoms with Crippen molar-refractivity contribution in [3.8, 4) is 11.3 Å². The van der Waals surface area contributed by atoms with Crippen molar-refractivity contribution < 1.29 is 4.79 Å². The van der Waals surface area contributed by atoms with Crippen molar-refractivity contribution in [3.63, 3.8) is 0 Å². The van der Waals surface area contributed by atoms with E-state index in [4.69, 9.17) is 4.98 Å². The Labute approximate surface area is 217 Å². The molecule has 0 radical (unpaired) electrons. The van der Waals surface area contributed by atoms with Crippen molar-refractivity contribution in [2.75, 3.05) is 45.2 Å². The third kappa shape index (κ3) is 3.70. The molecule has 0 atom stereocenters. The van der Waals surface area contributed by atoms with Crippen LogP contribution in [0.1, 0.15) is 49.3 Å². The van der Waals surface area contributed by atoms with Gasteiger partial charge in [0.25, 0.3) is 0 Å². The summed E-state index contributed by atoms with van der Waals surface area (Å²) in [4.78, 5) is 32.9. The first-order valence-corrected chi connectivity index (χ1v) is 13.3. The van der Waals surface area contributed by atoms with Gasteiger partial charge in [-0.1, -0.05) is 13.8 Å². The number of piperazine rings is 1. The first-order valence-electron chi connectivity index (χ1n) is 13.3. The van der Waals surface area contributed by atoms with Crippen LogP contribution in [0.2, 0.25) is 0 Å². The van der Waals surface area contributed by atoms with Crippen LogP contribution < -0.4 is 4.90 Å². The number of aryl methyl sites for hydroxylation is 1. The second-order valence-corrected chi connectivity index (χ2v) is 11.2. The highest BCUT2D eigenvalue weighted by Gasteiger charge is 2.53. The van der Waals surface area contributed by atoms with Gasteiger partial charge < -0.3 is 14.8 Å². The fraction of sp³-hybridized carbons (Fsp3) is 0.500. The largest absolute Gasteiger partial charge is 0.353 e. The normalized spacial score (nSPS) is 17.5. The minimum atomic E-state index is -0.265. The summed E-state index contributed by atoms with van der Waals surface area (Å²) in [6, 6.07) is 4.25. The molecule has 9 nitrogen and oxygen atoms in total. The minimum Gasteiger partial charge on any atom is -0.353 e. The number of hydrogen-bond acceptors (Lipinski definition) is 6. The predicted molar refractivity (Wildman–Crippen MR) is 146 cm³/mol. The molecule has 0 spiro atoms. The van der Waals surface area contributed by atoms with Crippen LogP contribution in [0, 0.1) is 13.8 Å². The Hall–Kier alpha value is -3.46. The molecular weight excluding hydrogens is 464 g/mol. The number of pyridine rings is 2. The van der Waals surface area contributed by atoms with Crippen molar-refractivity contribution in [3.05, 3.63) is 41.3 Å². The fourth-order valence-electron chi connectivity index (χ4n) is 5.88. The summed E-state index contributed by atoms with van der Waals surface area (Å²) in [5, 5.41) is 4.40. The maximum Gasteiger partial charge on any atom is 0.243 e. The second kappa shape index (κ2) is 8.55. The lowest BCUT2D eigenvalue weighted by Gasteiger charge is -2.38. The number of hydrogen-bond donors (Lipinski definition) is 1. The number of carbonyl (C=O) groups is 1. The van der Waals surface area contributed by atoms with E-state index in [1.54, 1.807) is 6.33 Å². The molecule has 1 amide bonds. The summed E-state index contributed by atoms with van der Waals surface area (Å²) < 4.78 is 1.86. The van der Waals surface area contributed by atoms with Crippen LogP contribution >= 0.6 is 0 Å². The minimum absolute atomic E-state index is 0.265. The van der Waals surface area contributed by atoms with E-state index in [0.29, 0.717) is 0 Å². The van der Waals surface area contributed by atoms with E-state index in [2.05, 4.69) is 70.9 Å². The fourth-order valence-corrected chi connectivity index (χ4v) is 5.88. The third-order valence-electron chi connectivity index (χ3n) is 8.51. The van der Waals surface area contributed by atoms with Crippen LogP contribution in [0.4, 0.5) is 5.82 Å². The quantitative estimate of drug-likeness (QED) is 0.449. The molecule has 5 heterocycles. The zero-order valence-corrected chi connectivity index (χ0v) is 22.7. The molecule has 1 saturated carbocycles. The van der Waals surface area contributed by atoms with Gasteiger partial charge in [0, 0.05) is 43.5 Å². The number of nitrogens with zero attached hydrogens (tertiary/aromatic N) is 7. The number of rotatable bonds is 5. The molecular formula is C28H36N8O. The van der Waals surface area contributed by atoms with Crippen molar-refractivity contribution in [1.82, 2.24) is 34.4 Å². The number of nitrogens with one attached hydrogen (secondary N) is 1. The Kier molecular flexibility index (Phi) is 5.52. The lowest BCUT2D eigenvalue weighted by atomic mass is 9.95. The molecule has 0 aromatic carbocycles. The zero-order chi connectivity index (χ0) is 26.1.